The second-order valence-corrected chi connectivity index (χ2v) is 8.34. The molecule has 0 aliphatic heterocycles. The van der Waals surface area contributed by atoms with E-state index >= 15 is 0 Å². The Morgan fingerprint density at radius 2 is 1.86 bits per heavy atom. The minimum atomic E-state index is -0.262. The van der Waals surface area contributed by atoms with Gasteiger partial charge in [-0.1, -0.05) is 62.7 Å². The Hall–Kier alpha value is -3.18. The van der Waals surface area contributed by atoms with E-state index in [1.165, 1.54) is 0 Å². The zero-order chi connectivity index (χ0) is 20.6. The predicted octanol–water partition coefficient (Wildman–Crippen LogP) is 5.60. The fourth-order valence-corrected chi connectivity index (χ4v) is 3.48. The summed E-state index contributed by atoms with van der Waals surface area (Å²) < 4.78 is 1.65. The number of rotatable bonds is 3. The largest absolute Gasteiger partial charge is 0.320 e. The number of aromatic nitrogens is 3. The van der Waals surface area contributed by atoms with Gasteiger partial charge in [0.05, 0.1) is 6.20 Å². The average molecular weight is 405 g/mol. The van der Waals surface area contributed by atoms with Crippen molar-refractivity contribution in [1.82, 2.24) is 14.6 Å². The van der Waals surface area contributed by atoms with E-state index in [9.17, 15) is 4.79 Å². The number of carbonyl (C=O) groups is 1. The summed E-state index contributed by atoms with van der Waals surface area (Å²) in [6.45, 7) is 6.35. The van der Waals surface area contributed by atoms with Gasteiger partial charge >= 0.3 is 0 Å². The number of hydrogen-bond acceptors (Lipinski definition) is 3. The maximum Gasteiger partial charge on any atom is 0.274 e. The van der Waals surface area contributed by atoms with E-state index in [1.807, 2.05) is 48.5 Å². The molecule has 0 spiro atoms. The molecule has 0 radical (unpaired) electrons. The van der Waals surface area contributed by atoms with Gasteiger partial charge in [0.25, 0.3) is 5.91 Å². The first-order valence-electron chi connectivity index (χ1n) is 9.34. The van der Waals surface area contributed by atoms with E-state index < -0.39 is 0 Å². The van der Waals surface area contributed by atoms with E-state index in [1.54, 1.807) is 23.0 Å². The van der Waals surface area contributed by atoms with Crippen LogP contribution >= 0.6 is 11.6 Å². The van der Waals surface area contributed by atoms with Crippen molar-refractivity contribution in [2.24, 2.45) is 0 Å². The first-order valence-corrected chi connectivity index (χ1v) is 9.72. The average Bonchev–Trinajstić information content (AvgIpc) is 3.11. The topological polar surface area (TPSA) is 59.3 Å². The number of para-hydroxylation sites is 1. The molecule has 29 heavy (non-hydrogen) atoms. The summed E-state index contributed by atoms with van der Waals surface area (Å²) in [7, 11) is 0. The van der Waals surface area contributed by atoms with Crippen LogP contribution < -0.4 is 5.32 Å². The van der Waals surface area contributed by atoms with Crippen LogP contribution in [0, 0.1) is 0 Å². The highest BCUT2D eigenvalue weighted by Crippen LogP contribution is 2.30. The molecule has 1 amide bonds. The number of amides is 1. The summed E-state index contributed by atoms with van der Waals surface area (Å²) in [4.78, 5) is 17.5. The lowest BCUT2D eigenvalue weighted by molar-refractivity contribution is 0.102. The third-order valence-corrected chi connectivity index (χ3v) is 4.96. The molecule has 0 aliphatic carbocycles. The van der Waals surface area contributed by atoms with Crippen LogP contribution in [0.3, 0.4) is 0 Å². The SMILES string of the molecule is CC(C)(C)c1ccccc1NC(=O)c1ccn2ncc(-c3cccc(Cl)c3)c2n1. The zero-order valence-corrected chi connectivity index (χ0v) is 17.2. The van der Waals surface area contributed by atoms with E-state index in [-0.39, 0.29) is 11.3 Å². The number of halogens is 1. The third-order valence-electron chi connectivity index (χ3n) is 4.72. The molecule has 0 fully saturated rings. The Balaban J connectivity index is 1.70. The Morgan fingerprint density at radius 1 is 1.07 bits per heavy atom. The minimum Gasteiger partial charge on any atom is -0.320 e. The number of anilines is 1. The summed E-state index contributed by atoms with van der Waals surface area (Å²) >= 11 is 6.12. The molecule has 5 nitrogen and oxygen atoms in total. The molecule has 0 bridgehead atoms. The molecule has 0 saturated carbocycles. The summed E-state index contributed by atoms with van der Waals surface area (Å²) in [5.41, 5.74) is 4.41. The standard InChI is InChI=1S/C23H21ClN4O/c1-23(2,3)18-9-4-5-10-19(18)27-22(29)20-11-12-28-21(26-20)17(14-25-28)15-7-6-8-16(24)13-15/h4-14H,1-3H3,(H,27,29). The maximum atomic E-state index is 12.9. The van der Waals surface area contributed by atoms with Crippen LogP contribution in [-0.4, -0.2) is 20.5 Å². The Bertz CT molecular complexity index is 1210. The van der Waals surface area contributed by atoms with Crippen molar-refractivity contribution in [3.63, 3.8) is 0 Å². The van der Waals surface area contributed by atoms with Gasteiger partial charge in [-0.15, -0.1) is 0 Å². The Morgan fingerprint density at radius 3 is 2.62 bits per heavy atom. The van der Waals surface area contributed by atoms with Gasteiger partial charge in [0.1, 0.15) is 5.69 Å². The van der Waals surface area contributed by atoms with E-state index in [0.29, 0.717) is 16.4 Å². The first-order chi connectivity index (χ1) is 13.8. The monoisotopic (exact) mass is 404 g/mol. The van der Waals surface area contributed by atoms with Gasteiger partial charge < -0.3 is 5.32 Å². The Kier molecular flexibility index (Phi) is 4.84. The number of nitrogens with one attached hydrogen (secondary N) is 1. The van der Waals surface area contributed by atoms with E-state index in [4.69, 9.17) is 11.6 Å². The van der Waals surface area contributed by atoms with Crippen LogP contribution in [0.4, 0.5) is 5.69 Å². The summed E-state index contributed by atoms with van der Waals surface area (Å²) in [6.07, 6.45) is 3.46. The molecule has 0 unspecified atom stereocenters. The van der Waals surface area contributed by atoms with E-state index in [2.05, 4.69) is 36.2 Å². The fraction of sp³-hybridized carbons (Fsp3) is 0.174. The minimum absolute atomic E-state index is 0.0908. The molecule has 1 N–H and O–H groups in total. The van der Waals surface area contributed by atoms with Crippen molar-refractivity contribution < 1.29 is 4.79 Å². The van der Waals surface area contributed by atoms with Crippen molar-refractivity contribution in [2.75, 3.05) is 5.32 Å². The van der Waals surface area contributed by atoms with Gasteiger partial charge in [0.2, 0.25) is 0 Å². The number of fused-ring (bicyclic) bond motifs is 1. The highest BCUT2D eigenvalue weighted by Gasteiger charge is 2.20. The van der Waals surface area contributed by atoms with Gasteiger partial charge in [-0.05, 0) is 40.8 Å². The van der Waals surface area contributed by atoms with Crippen LogP contribution in [-0.2, 0) is 5.41 Å². The Labute approximate surface area is 174 Å². The maximum absolute atomic E-state index is 12.9. The second kappa shape index (κ2) is 7.33. The lowest BCUT2D eigenvalue weighted by Gasteiger charge is -2.22. The van der Waals surface area contributed by atoms with E-state index in [0.717, 1.165) is 22.4 Å². The van der Waals surface area contributed by atoms with Crippen LogP contribution in [0.2, 0.25) is 5.02 Å². The third kappa shape index (κ3) is 3.87. The molecule has 146 valence electrons. The molecule has 0 atom stereocenters. The molecular formula is C23H21ClN4O. The summed E-state index contributed by atoms with van der Waals surface area (Å²) in [5, 5.41) is 7.98. The van der Waals surface area contributed by atoms with Gasteiger partial charge in [0, 0.05) is 22.5 Å². The lowest BCUT2D eigenvalue weighted by atomic mass is 9.86. The molecule has 0 saturated heterocycles. The molecule has 2 heterocycles. The summed E-state index contributed by atoms with van der Waals surface area (Å²) in [5.74, 6) is -0.262. The molecule has 0 aliphatic rings. The lowest BCUT2D eigenvalue weighted by Crippen LogP contribution is -2.19. The van der Waals surface area contributed by atoms with Crippen LogP contribution in [0.15, 0.2) is 67.0 Å². The van der Waals surface area contributed by atoms with Crippen molar-refractivity contribution in [1.29, 1.82) is 0 Å². The van der Waals surface area contributed by atoms with Gasteiger partial charge in [0.15, 0.2) is 5.65 Å². The highest BCUT2D eigenvalue weighted by atomic mass is 35.5. The molecular weight excluding hydrogens is 384 g/mol. The fourth-order valence-electron chi connectivity index (χ4n) is 3.29. The number of hydrogen-bond donors (Lipinski definition) is 1. The zero-order valence-electron chi connectivity index (χ0n) is 16.5. The second-order valence-electron chi connectivity index (χ2n) is 7.90. The molecule has 4 aromatic rings. The number of benzene rings is 2. The summed E-state index contributed by atoms with van der Waals surface area (Å²) in [6, 6.07) is 17.0. The van der Waals surface area contributed by atoms with Crippen LogP contribution in [0.1, 0.15) is 36.8 Å². The smallest absolute Gasteiger partial charge is 0.274 e. The van der Waals surface area contributed by atoms with Gasteiger partial charge in [-0.25, -0.2) is 9.50 Å². The van der Waals surface area contributed by atoms with Crippen molar-refractivity contribution >= 4 is 28.8 Å². The molecule has 2 aromatic carbocycles. The van der Waals surface area contributed by atoms with Gasteiger partial charge in [-0.2, -0.15) is 5.10 Å². The normalized spacial score (nSPS) is 11.6. The predicted molar refractivity (Wildman–Crippen MR) is 117 cm³/mol. The number of nitrogens with zero attached hydrogens (tertiary/aromatic N) is 3. The molecule has 6 heteroatoms. The molecule has 2 aromatic heterocycles. The van der Waals surface area contributed by atoms with Gasteiger partial charge in [-0.3, -0.25) is 4.79 Å². The number of carbonyl (C=O) groups excluding carboxylic acids is 1. The van der Waals surface area contributed by atoms with Crippen molar-refractivity contribution in [2.45, 2.75) is 26.2 Å². The van der Waals surface area contributed by atoms with Crippen molar-refractivity contribution in [3.8, 4) is 11.1 Å². The first kappa shape index (κ1) is 19.2. The van der Waals surface area contributed by atoms with Crippen molar-refractivity contribution in [3.05, 3.63) is 83.3 Å². The van der Waals surface area contributed by atoms with Crippen LogP contribution in [0.5, 0.6) is 0 Å². The van der Waals surface area contributed by atoms with Crippen LogP contribution in [0.25, 0.3) is 16.8 Å². The quantitative estimate of drug-likeness (QED) is 0.483. The molecule has 4 rings (SSSR count). The highest BCUT2D eigenvalue weighted by molar-refractivity contribution is 6.30.